The van der Waals surface area contributed by atoms with Crippen molar-refractivity contribution in [2.24, 2.45) is 5.73 Å². The number of hydrogen-bond acceptors (Lipinski definition) is 4. The van der Waals surface area contributed by atoms with Gasteiger partial charge in [-0.1, -0.05) is 19.1 Å². The van der Waals surface area contributed by atoms with Crippen LogP contribution in [0.2, 0.25) is 0 Å². The quantitative estimate of drug-likeness (QED) is 0.765. The molecule has 104 valence electrons. The van der Waals surface area contributed by atoms with E-state index in [-0.39, 0.29) is 5.60 Å². The average molecular weight is 272 g/mol. The Morgan fingerprint density at radius 2 is 2.33 bits per heavy atom. The molecule has 0 amide bonds. The average Bonchev–Trinajstić information content (AvgIpc) is 2.78. The molecule has 2 rings (SSSR count). The topological polar surface area (TPSA) is 47.7 Å². The number of ether oxygens (including phenoxy) is 2. The van der Waals surface area contributed by atoms with Crippen LogP contribution >= 0.6 is 12.2 Å². The lowest BCUT2D eigenvalue weighted by atomic mass is 9.89. The lowest BCUT2D eigenvalue weighted by Crippen LogP contribution is -2.49. The summed E-state index contributed by atoms with van der Waals surface area (Å²) < 4.78 is 11.5. The highest BCUT2D eigenvalue weighted by Crippen LogP contribution is 2.34. The van der Waals surface area contributed by atoms with Gasteiger partial charge in [-0.15, -0.1) is 0 Å². The molecule has 0 radical (unpaired) electrons. The molecule has 2 saturated heterocycles. The first-order chi connectivity index (χ1) is 8.65. The molecule has 2 aliphatic rings. The normalized spacial score (nSPS) is 32.2. The first-order valence-corrected chi connectivity index (χ1v) is 7.30. The maximum absolute atomic E-state index is 5.97. The summed E-state index contributed by atoms with van der Waals surface area (Å²) >= 11 is 4.97. The van der Waals surface area contributed by atoms with Crippen LogP contribution in [0.4, 0.5) is 0 Å². The number of nitrogens with two attached hydrogens (primary N) is 1. The molecule has 2 fully saturated rings. The summed E-state index contributed by atoms with van der Waals surface area (Å²) in [5.41, 5.74) is 5.59. The molecule has 18 heavy (non-hydrogen) atoms. The lowest BCUT2D eigenvalue weighted by molar-refractivity contribution is -0.105. The summed E-state index contributed by atoms with van der Waals surface area (Å²) in [4.78, 5) is 3.10. The maximum Gasteiger partial charge on any atom is 0.0951 e. The van der Waals surface area contributed by atoms with Crippen LogP contribution in [0.3, 0.4) is 0 Å². The van der Waals surface area contributed by atoms with Gasteiger partial charge >= 0.3 is 0 Å². The highest BCUT2D eigenvalue weighted by Gasteiger charge is 2.42. The molecule has 2 heterocycles. The summed E-state index contributed by atoms with van der Waals surface area (Å²) in [5.74, 6) is 0. The first-order valence-electron chi connectivity index (χ1n) is 6.89. The van der Waals surface area contributed by atoms with Crippen LogP contribution < -0.4 is 5.73 Å². The van der Waals surface area contributed by atoms with Crippen LogP contribution in [0.1, 0.15) is 32.6 Å². The van der Waals surface area contributed by atoms with Gasteiger partial charge in [-0.05, 0) is 19.4 Å². The smallest absolute Gasteiger partial charge is 0.0951 e. The van der Waals surface area contributed by atoms with Crippen molar-refractivity contribution >= 4 is 17.2 Å². The zero-order valence-electron chi connectivity index (χ0n) is 11.2. The van der Waals surface area contributed by atoms with Crippen LogP contribution in [-0.4, -0.2) is 54.4 Å². The minimum Gasteiger partial charge on any atom is -0.393 e. The number of rotatable bonds is 5. The third-order valence-electron chi connectivity index (χ3n) is 4.10. The molecule has 2 unspecified atom stereocenters. The predicted octanol–water partition coefficient (Wildman–Crippen LogP) is 1.32. The fourth-order valence-electron chi connectivity index (χ4n) is 3.03. The molecule has 2 aliphatic heterocycles. The molecular weight excluding hydrogens is 248 g/mol. The fraction of sp³-hybridized carbons (Fsp3) is 0.923. The third-order valence-corrected chi connectivity index (χ3v) is 4.31. The van der Waals surface area contributed by atoms with Gasteiger partial charge in [-0.25, -0.2) is 0 Å². The van der Waals surface area contributed by atoms with Gasteiger partial charge in [0.2, 0.25) is 0 Å². The maximum atomic E-state index is 5.97. The number of hydrogen-bond donors (Lipinski definition) is 1. The lowest BCUT2D eigenvalue weighted by Gasteiger charge is -2.42. The molecule has 0 saturated carbocycles. The van der Waals surface area contributed by atoms with Crippen molar-refractivity contribution in [2.45, 2.75) is 44.2 Å². The Labute approximate surface area is 115 Å². The Balaban J connectivity index is 1.91. The Morgan fingerprint density at radius 1 is 1.50 bits per heavy atom. The zero-order chi connectivity index (χ0) is 13.0. The van der Waals surface area contributed by atoms with E-state index >= 15 is 0 Å². The van der Waals surface area contributed by atoms with Gasteiger partial charge in [-0.3, -0.25) is 0 Å². The molecule has 0 bridgehead atoms. The zero-order valence-corrected chi connectivity index (χ0v) is 12.0. The van der Waals surface area contributed by atoms with E-state index in [1.807, 2.05) is 0 Å². The monoisotopic (exact) mass is 272 g/mol. The van der Waals surface area contributed by atoms with Gasteiger partial charge in [0.25, 0.3) is 0 Å². The van der Waals surface area contributed by atoms with Gasteiger partial charge in [-0.2, -0.15) is 0 Å². The first kappa shape index (κ1) is 14.2. The van der Waals surface area contributed by atoms with E-state index in [9.17, 15) is 0 Å². The molecule has 0 aromatic rings. The standard InChI is InChI=1S/C13H24N2O2S/c1-2-15(6-3-12(14)18)11-4-7-17-13(9-11)5-8-16-10-13/h11H,2-10H2,1H3,(H2,14,18). The predicted molar refractivity (Wildman–Crippen MR) is 75.8 cm³/mol. The number of nitrogens with zero attached hydrogens (tertiary/aromatic N) is 1. The van der Waals surface area contributed by atoms with Crippen LogP contribution in [0.15, 0.2) is 0 Å². The Kier molecular flexibility index (Phi) is 4.95. The van der Waals surface area contributed by atoms with E-state index in [4.69, 9.17) is 27.4 Å². The van der Waals surface area contributed by atoms with Crippen molar-refractivity contribution in [1.82, 2.24) is 4.90 Å². The second kappa shape index (κ2) is 6.28. The molecule has 0 aliphatic carbocycles. The molecule has 1 spiro atoms. The van der Waals surface area contributed by atoms with Crippen molar-refractivity contribution in [2.75, 3.05) is 32.9 Å². The summed E-state index contributed by atoms with van der Waals surface area (Å²) in [5, 5.41) is 0. The van der Waals surface area contributed by atoms with Crippen LogP contribution in [0.5, 0.6) is 0 Å². The van der Waals surface area contributed by atoms with Crippen LogP contribution in [0.25, 0.3) is 0 Å². The van der Waals surface area contributed by atoms with Crippen molar-refractivity contribution < 1.29 is 9.47 Å². The molecule has 4 nitrogen and oxygen atoms in total. The minimum atomic E-state index is -0.0143. The fourth-order valence-corrected chi connectivity index (χ4v) is 3.12. The van der Waals surface area contributed by atoms with Crippen molar-refractivity contribution in [3.8, 4) is 0 Å². The number of thiocarbonyl (C=S) groups is 1. The van der Waals surface area contributed by atoms with Crippen LogP contribution in [0, 0.1) is 0 Å². The molecule has 2 N–H and O–H groups in total. The Morgan fingerprint density at radius 3 is 2.94 bits per heavy atom. The van der Waals surface area contributed by atoms with Crippen molar-refractivity contribution in [3.63, 3.8) is 0 Å². The molecule has 2 atom stereocenters. The van der Waals surface area contributed by atoms with Crippen molar-refractivity contribution in [3.05, 3.63) is 0 Å². The van der Waals surface area contributed by atoms with E-state index in [2.05, 4.69) is 11.8 Å². The summed E-state index contributed by atoms with van der Waals surface area (Å²) in [6, 6.07) is 0.583. The van der Waals surface area contributed by atoms with Gasteiger partial charge in [0.15, 0.2) is 0 Å². The summed E-state index contributed by atoms with van der Waals surface area (Å²) in [7, 11) is 0. The van der Waals surface area contributed by atoms with E-state index in [1.54, 1.807) is 0 Å². The molecule has 0 aromatic carbocycles. The van der Waals surface area contributed by atoms with Gasteiger partial charge < -0.3 is 20.1 Å². The Hall–Kier alpha value is -0.230. The SMILES string of the molecule is CCN(CCC(N)=S)C1CCOC2(CCOC2)C1. The largest absolute Gasteiger partial charge is 0.393 e. The highest BCUT2D eigenvalue weighted by atomic mass is 32.1. The second-order valence-electron chi connectivity index (χ2n) is 5.33. The van der Waals surface area contributed by atoms with E-state index < -0.39 is 0 Å². The minimum absolute atomic E-state index is 0.0143. The van der Waals surface area contributed by atoms with Gasteiger partial charge in [0.1, 0.15) is 0 Å². The highest BCUT2D eigenvalue weighted by molar-refractivity contribution is 7.80. The molecular formula is C13H24N2O2S. The van der Waals surface area contributed by atoms with Crippen LogP contribution in [-0.2, 0) is 9.47 Å². The Bertz CT molecular complexity index is 293. The van der Waals surface area contributed by atoms with E-state index in [0.29, 0.717) is 11.0 Å². The summed E-state index contributed by atoms with van der Waals surface area (Å²) in [6.45, 7) is 6.66. The summed E-state index contributed by atoms with van der Waals surface area (Å²) in [6.07, 6.45) is 4.03. The van der Waals surface area contributed by atoms with Crippen molar-refractivity contribution in [1.29, 1.82) is 0 Å². The molecule has 0 aromatic heterocycles. The molecule has 5 heteroatoms. The third kappa shape index (κ3) is 3.41. The van der Waals surface area contributed by atoms with E-state index in [1.165, 1.54) is 0 Å². The van der Waals surface area contributed by atoms with Gasteiger partial charge in [0.05, 0.1) is 17.2 Å². The van der Waals surface area contributed by atoms with Gasteiger partial charge in [0, 0.05) is 38.6 Å². The van der Waals surface area contributed by atoms with E-state index in [0.717, 1.165) is 58.6 Å². The second-order valence-corrected chi connectivity index (χ2v) is 5.85.